The summed E-state index contributed by atoms with van der Waals surface area (Å²) in [6.07, 6.45) is 0.969. The minimum Gasteiger partial charge on any atom is -0.383 e. The van der Waals surface area contributed by atoms with Gasteiger partial charge < -0.3 is 21.1 Å². The molecule has 0 aromatic carbocycles. The fourth-order valence-corrected chi connectivity index (χ4v) is 0.814. The maximum atomic E-state index is 11.1. The van der Waals surface area contributed by atoms with E-state index < -0.39 is 0 Å². The van der Waals surface area contributed by atoms with Crippen LogP contribution in [0.1, 0.15) is 13.3 Å². The Labute approximate surface area is 90.3 Å². The second-order valence-corrected chi connectivity index (χ2v) is 2.97. The zero-order valence-electron chi connectivity index (χ0n) is 9.38. The van der Waals surface area contributed by atoms with Gasteiger partial charge in [0.15, 0.2) is 5.96 Å². The predicted octanol–water partition coefficient (Wildman–Crippen LogP) is -0.937. The Balaban J connectivity index is 3.58. The van der Waals surface area contributed by atoms with Crippen LogP contribution in [0.5, 0.6) is 0 Å². The first kappa shape index (κ1) is 13.7. The lowest BCUT2D eigenvalue weighted by Crippen LogP contribution is -2.34. The minimum absolute atomic E-state index is 0.0479. The number of amides is 1. The maximum absolute atomic E-state index is 11.1. The summed E-state index contributed by atoms with van der Waals surface area (Å²) in [6.45, 7) is 3.83. The molecule has 1 amide bonds. The van der Waals surface area contributed by atoms with Crippen molar-refractivity contribution >= 4 is 11.9 Å². The van der Waals surface area contributed by atoms with E-state index in [2.05, 4.69) is 15.6 Å². The topological polar surface area (TPSA) is 88.7 Å². The first-order valence-corrected chi connectivity index (χ1v) is 5.00. The average molecular weight is 216 g/mol. The molecule has 0 atom stereocenters. The number of nitrogens with two attached hydrogens (primary N) is 1. The van der Waals surface area contributed by atoms with Crippen LogP contribution in [0, 0.1) is 0 Å². The second-order valence-electron chi connectivity index (χ2n) is 2.97. The minimum atomic E-state index is -0.159. The van der Waals surface area contributed by atoms with Gasteiger partial charge in [-0.2, -0.15) is 0 Å². The van der Waals surface area contributed by atoms with Crippen molar-refractivity contribution < 1.29 is 9.53 Å². The first-order chi connectivity index (χ1) is 7.20. The second kappa shape index (κ2) is 9.26. The summed E-state index contributed by atoms with van der Waals surface area (Å²) in [7, 11) is 1.58. The van der Waals surface area contributed by atoms with Crippen molar-refractivity contribution in [3.05, 3.63) is 0 Å². The van der Waals surface area contributed by atoms with E-state index in [1.165, 1.54) is 0 Å². The highest BCUT2D eigenvalue weighted by Crippen LogP contribution is 1.74. The standard InChI is InChI=1S/C9H20N4O2/c1-3-4-12-9(10)13-7-8(14)11-5-6-15-2/h3-7H2,1-2H3,(H,11,14)(H3,10,12,13). The molecule has 0 fully saturated rings. The van der Waals surface area contributed by atoms with Crippen LogP contribution in [0.4, 0.5) is 0 Å². The molecule has 0 unspecified atom stereocenters. The Morgan fingerprint density at radius 3 is 2.73 bits per heavy atom. The van der Waals surface area contributed by atoms with Crippen LogP contribution in [0.25, 0.3) is 0 Å². The quantitative estimate of drug-likeness (QED) is 0.291. The largest absolute Gasteiger partial charge is 0.383 e. The van der Waals surface area contributed by atoms with E-state index in [1.54, 1.807) is 7.11 Å². The molecule has 4 N–H and O–H groups in total. The molecule has 6 nitrogen and oxygen atoms in total. The molecule has 0 aromatic rings. The Hall–Kier alpha value is -1.30. The summed E-state index contributed by atoms with van der Waals surface area (Å²) in [5.74, 6) is 0.145. The lowest BCUT2D eigenvalue weighted by atomic mass is 10.5. The number of aliphatic imine (C=N–C) groups is 1. The zero-order chi connectivity index (χ0) is 11.5. The molecule has 0 bridgehead atoms. The van der Waals surface area contributed by atoms with Gasteiger partial charge in [0.2, 0.25) is 5.91 Å². The van der Waals surface area contributed by atoms with Gasteiger partial charge in [-0.3, -0.25) is 4.79 Å². The molecule has 6 heteroatoms. The highest BCUT2D eigenvalue weighted by Gasteiger charge is 1.98. The Morgan fingerprint density at radius 1 is 1.40 bits per heavy atom. The van der Waals surface area contributed by atoms with Crippen LogP contribution in [-0.2, 0) is 9.53 Å². The SMILES string of the molecule is CCCNC(N)=NCC(=O)NCCOC. The molecular formula is C9H20N4O2. The van der Waals surface area contributed by atoms with Gasteiger partial charge >= 0.3 is 0 Å². The van der Waals surface area contributed by atoms with Crippen molar-refractivity contribution in [3.8, 4) is 0 Å². The number of hydrogen-bond acceptors (Lipinski definition) is 3. The highest BCUT2D eigenvalue weighted by atomic mass is 16.5. The third kappa shape index (κ3) is 9.01. The Morgan fingerprint density at radius 2 is 2.13 bits per heavy atom. The molecule has 0 rings (SSSR count). The maximum Gasteiger partial charge on any atom is 0.241 e. The normalized spacial score (nSPS) is 11.2. The summed E-state index contributed by atoms with van der Waals surface area (Å²) in [5, 5.41) is 5.52. The average Bonchev–Trinajstić information content (AvgIpc) is 2.24. The lowest BCUT2D eigenvalue weighted by Gasteiger charge is -2.04. The molecule has 0 saturated carbocycles. The molecule has 0 radical (unpaired) electrons. The van der Waals surface area contributed by atoms with E-state index in [4.69, 9.17) is 10.5 Å². The number of guanidine groups is 1. The highest BCUT2D eigenvalue weighted by molar-refractivity contribution is 5.83. The number of rotatable bonds is 7. The summed E-state index contributed by atoms with van der Waals surface area (Å²) in [6, 6.07) is 0. The van der Waals surface area contributed by atoms with Crippen LogP contribution in [0.3, 0.4) is 0 Å². The van der Waals surface area contributed by atoms with Crippen LogP contribution in [0.15, 0.2) is 4.99 Å². The van der Waals surface area contributed by atoms with Crippen molar-refractivity contribution in [3.63, 3.8) is 0 Å². The smallest absolute Gasteiger partial charge is 0.241 e. The van der Waals surface area contributed by atoms with Gasteiger partial charge in [0.25, 0.3) is 0 Å². The molecule has 0 aliphatic rings. The van der Waals surface area contributed by atoms with Crippen molar-refractivity contribution in [2.45, 2.75) is 13.3 Å². The van der Waals surface area contributed by atoms with E-state index in [9.17, 15) is 4.79 Å². The summed E-state index contributed by atoms with van der Waals surface area (Å²) in [4.78, 5) is 15.0. The van der Waals surface area contributed by atoms with Gasteiger partial charge in [-0.05, 0) is 6.42 Å². The van der Waals surface area contributed by atoms with Gasteiger partial charge in [0, 0.05) is 20.2 Å². The molecule has 88 valence electrons. The monoisotopic (exact) mass is 216 g/mol. The fraction of sp³-hybridized carbons (Fsp3) is 0.778. The van der Waals surface area contributed by atoms with Gasteiger partial charge in [-0.15, -0.1) is 0 Å². The number of ether oxygens (including phenoxy) is 1. The van der Waals surface area contributed by atoms with E-state index in [-0.39, 0.29) is 12.5 Å². The van der Waals surface area contributed by atoms with Crippen molar-refractivity contribution in [1.82, 2.24) is 10.6 Å². The Kier molecular flexibility index (Phi) is 8.46. The van der Waals surface area contributed by atoms with Gasteiger partial charge in [0.05, 0.1) is 6.61 Å². The van der Waals surface area contributed by atoms with Crippen LogP contribution in [-0.4, -0.2) is 45.2 Å². The Bertz CT molecular complexity index is 206. The predicted molar refractivity (Wildman–Crippen MR) is 59.7 cm³/mol. The molecule has 0 aliphatic heterocycles. The molecular weight excluding hydrogens is 196 g/mol. The number of hydrogen-bond donors (Lipinski definition) is 3. The third-order valence-electron chi connectivity index (χ3n) is 1.58. The molecule has 0 spiro atoms. The van der Waals surface area contributed by atoms with Crippen molar-refractivity contribution in [1.29, 1.82) is 0 Å². The number of carbonyl (C=O) groups is 1. The van der Waals surface area contributed by atoms with E-state index in [1.807, 2.05) is 6.92 Å². The molecule has 15 heavy (non-hydrogen) atoms. The number of nitrogens with one attached hydrogen (secondary N) is 2. The molecule has 0 saturated heterocycles. The van der Waals surface area contributed by atoms with Crippen LogP contribution >= 0.6 is 0 Å². The number of carbonyl (C=O) groups excluding carboxylic acids is 1. The summed E-state index contributed by atoms with van der Waals surface area (Å²) >= 11 is 0. The van der Waals surface area contributed by atoms with Crippen LogP contribution < -0.4 is 16.4 Å². The van der Waals surface area contributed by atoms with E-state index in [0.717, 1.165) is 13.0 Å². The molecule has 0 heterocycles. The third-order valence-corrected chi connectivity index (χ3v) is 1.58. The van der Waals surface area contributed by atoms with Crippen LogP contribution in [0.2, 0.25) is 0 Å². The lowest BCUT2D eigenvalue weighted by molar-refractivity contribution is -0.119. The van der Waals surface area contributed by atoms with E-state index in [0.29, 0.717) is 19.1 Å². The van der Waals surface area contributed by atoms with Crippen molar-refractivity contribution in [2.24, 2.45) is 10.7 Å². The summed E-state index contributed by atoms with van der Waals surface area (Å²) in [5.41, 5.74) is 5.50. The number of methoxy groups -OCH3 is 1. The first-order valence-electron chi connectivity index (χ1n) is 5.00. The molecule has 0 aliphatic carbocycles. The fourth-order valence-electron chi connectivity index (χ4n) is 0.814. The van der Waals surface area contributed by atoms with Gasteiger partial charge in [-0.1, -0.05) is 6.92 Å². The summed E-state index contributed by atoms with van der Waals surface area (Å²) < 4.78 is 4.78. The van der Waals surface area contributed by atoms with E-state index >= 15 is 0 Å². The van der Waals surface area contributed by atoms with Crippen molar-refractivity contribution in [2.75, 3.05) is 33.4 Å². The van der Waals surface area contributed by atoms with Gasteiger partial charge in [0.1, 0.15) is 6.54 Å². The zero-order valence-corrected chi connectivity index (χ0v) is 9.38. The van der Waals surface area contributed by atoms with Gasteiger partial charge in [-0.25, -0.2) is 4.99 Å². The molecule has 0 aromatic heterocycles. The number of nitrogens with zero attached hydrogens (tertiary/aromatic N) is 1.